The van der Waals surface area contributed by atoms with Crippen LogP contribution in [0.25, 0.3) is 5.69 Å². The minimum absolute atomic E-state index is 0.0428. The Morgan fingerprint density at radius 1 is 1.14 bits per heavy atom. The number of rotatable bonds is 9. The molecule has 1 aromatic heterocycles. The van der Waals surface area contributed by atoms with E-state index in [9.17, 15) is 13.2 Å². The van der Waals surface area contributed by atoms with Gasteiger partial charge in [0.05, 0.1) is 10.6 Å². The lowest BCUT2D eigenvalue weighted by atomic mass is 10.1. The monoisotopic (exact) mass is 410 g/mol. The molecule has 2 aromatic carbocycles. The van der Waals surface area contributed by atoms with Crippen LogP contribution < -0.4 is 10.0 Å². The zero-order valence-electron chi connectivity index (χ0n) is 15.8. The minimum Gasteiger partial charge on any atom is -0.352 e. The molecule has 7 nitrogen and oxygen atoms in total. The summed E-state index contributed by atoms with van der Waals surface area (Å²) in [5.74, 6) is -0.320. The highest BCUT2D eigenvalue weighted by Gasteiger charge is 2.15. The highest BCUT2D eigenvalue weighted by atomic mass is 32.2. The van der Waals surface area contributed by atoms with Gasteiger partial charge in [-0.05, 0) is 48.4 Å². The number of aromatic nitrogens is 2. The summed E-state index contributed by atoms with van der Waals surface area (Å²) in [6, 6.07) is 15.7. The Labute approximate surface area is 170 Å². The predicted octanol–water partition coefficient (Wildman–Crippen LogP) is 2.31. The summed E-state index contributed by atoms with van der Waals surface area (Å²) in [6.07, 6.45) is 5.70. The smallest absolute Gasteiger partial charge is 0.251 e. The number of hydrogen-bond donors (Lipinski definition) is 2. The molecule has 0 aliphatic carbocycles. The zero-order valence-corrected chi connectivity index (χ0v) is 16.6. The lowest BCUT2D eigenvalue weighted by Gasteiger charge is -2.09. The van der Waals surface area contributed by atoms with Gasteiger partial charge in [0.15, 0.2) is 0 Å². The number of carbonyl (C=O) groups excluding carboxylic acids is 1. The molecular weight excluding hydrogens is 388 g/mol. The maximum atomic E-state index is 12.4. The van der Waals surface area contributed by atoms with Crippen molar-refractivity contribution in [3.05, 3.63) is 90.8 Å². The van der Waals surface area contributed by atoms with Crippen molar-refractivity contribution < 1.29 is 13.2 Å². The number of nitrogens with zero attached hydrogens (tertiary/aromatic N) is 2. The summed E-state index contributed by atoms with van der Waals surface area (Å²) in [5.41, 5.74) is 2.33. The van der Waals surface area contributed by atoms with Crippen molar-refractivity contribution in [2.75, 3.05) is 13.1 Å². The first kappa shape index (κ1) is 20.5. The van der Waals surface area contributed by atoms with E-state index in [4.69, 9.17) is 0 Å². The van der Waals surface area contributed by atoms with Crippen LogP contribution in [0.5, 0.6) is 0 Å². The average molecular weight is 410 g/mol. The third-order valence-electron chi connectivity index (χ3n) is 4.23. The molecule has 8 heteroatoms. The molecule has 150 valence electrons. The molecule has 0 atom stereocenters. The first-order valence-electron chi connectivity index (χ1n) is 9.07. The summed E-state index contributed by atoms with van der Waals surface area (Å²) in [5, 5.41) is 7.01. The third kappa shape index (κ3) is 5.40. The Balaban J connectivity index is 1.57. The van der Waals surface area contributed by atoms with E-state index in [0.717, 1.165) is 11.3 Å². The van der Waals surface area contributed by atoms with Crippen LogP contribution in [0.15, 0.2) is 84.5 Å². The van der Waals surface area contributed by atoms with Gasteiger partial charge in [0.1, 0.15) is 0 Å². The summed E-state index contributed by atoms with van der Waals surface area (Å²) < 4.78 is 28.5. The quantitative estimate of drug-likeness (QED) is 0.530. The fourth-order valence-electron chi connectivity index (χ4n) is 2.72. The van der Waals surface area contributed by atoms with Crippen molar-refractivity contribution in [3.8, 4) is 5.69 Å². The molecule has 2 N–H and O–H groups in total. The topological polar surface area (TPSA) is 93.1 Å². The standard InChI is InChI=1S/C21H22N4O3S/c1-2-12-24-29(27,28)20-6-3-5-18(16-20)21(26)22-14-11-17-7-9-19(10-8-17)25-15-4-13-23-25/h2-10,13,15-16,24H,1,11-12,14H2,(H,22,26). The maximum absolute atomic E-state index is 12.4. The van der Waals surface area contributed by atoms with Gasteiger partial charge in [0.25, 0.3) is 5.91 Å². The second-order valence-corrected chi connectivity index (χ2v) is 8.06. The Bertz CT molecular complexity index is 1080. The highest BCUT2D eigenvalue weighted by molar-refractivity contribution is 7.89. The van der Waals surface area contributed by atoms with Crippen LogP contribution in [0.1, 0.15) is 15.9 Å². The van der Waals surface area contributed by atoms with Crippen molar-refractivity contribution in [3.63, 3.8) is 0 Å². The second-order valence-electron chi connectivity index (χ2n) is 6.29. The fourth-order valence-corrected chi connectivity index (χ4v) is 3.76. The molecule has 0 radical (unpaired) electrons. The molecule has 0 aliphatic heterocycles. The lowest BCUT2D eigenvalue weighted by Crippen LogP contribution is -2.27. The SMILES string of the molecule is C=CCNS(=O)(=O)c1cccc(C(=O)NCCc2ccc(-n3cccn3)cc2)c1. The van der Waals surface area contributed by atoms with Crippen molar-refractivity contribution in [1.82, 2.24) is 19.8 Å². The first-order valence-corrected chi connectivity index (χ1v) is 10.6. The van der Waals surface area contributed by atoms with Crippen LogP contribution in [-0.2, 0) is 16.4 Å². The molecule has 0 saturated carbocycles. The summed E-state index contributed by atoms with van der Waals surface area (Å²) in [7, 11) is -3.67. The maximum Gasteiger partial charge on any atom is 0.251 e. The largest absolute Gasteiger partial charge is 0.352 e. The van der Waals surface area contributed by atoms with Gasteiger partial charge >= 0.3 is 0 Å². The number of amides is 1. The number of sulfonamides is 1. The second kappa shape index (κ2) is 9.31. The van der Waals surface area contributed by atoms with Gasteiger partial charge in [0, 0.05) is 31.0 Å². The summed E-state index contributed by atoms with van der Waals surface area (Å²) in [6.45, 7) is 4.04. The molecule has 0 saturated heterocycles. The molecule has 29 heavy (non-hydrogen) atoms. The fraction of sp³-hybridized carbons (Fsp3) is 0.143. The van der Waals surface area contributed by atoms with Gasteiger partial charge in [-0.1, -0.05) is 24.3 Å². The van der Waals surface area contributed by atoms with E-state index in [0.29, 0.717) is 18.5 Å². The van der Waals surface area contributed by atoms with Crippen molar-refractivity contribution in [1.29, 1.82) is 0 Å². The van der Waals surface area contributed by atoms with Crippen LogP contribution in [0, 0.1) is 0 Å². The van der Waals surface area contributed by atoms with Gasteiger partial charge < -0.3 is 5.32 Å². The molecule has 1 heterocycles. The van der Waals surface area contributed by atoms with Gasteiger partial charge in [0.2, 0.25) is 10.0 Å². The zero-order chi connectivity index (χ0) is 20.7. The Kier molecular flexibility index (Phi) is 6.58. The predicted molar refractivity (Wildman–Crippen MR) is 111 cm³/mol. The van der Waals surface area contributed by atoms with E-state index < -0.39 is 10.0 Å². The van der Waals surface area contributed by atoms with Crippen LogP contribution >= 0.6 is 0 Å². The Morgan fingerprint density at radius 3 is 2.62 bits per heavy atom. The Hall–Kier alpha value is -3.23. The van der Waals surface area contributed by atoms with E-state index in [1.807, 2.05) is 36.5 Å². The first-order chi connectivity index (χ1) is 14.0. The normalized spacial score (nSPS) is 11.2. The van der Waals surface area contributed by atoms with Crippen molar-refractivity contribution in [2.45, 2.75) is 11.3 Å². The molecule has 0 bridgehead atoms. The lowest BCUT2D eigenvalue weighted by molar-refractivity contribution is 0.0954. The summed E-state index contributed by atoms with van der Waals surface area (Å²) >= 11 is 0. The van der Waals surface area contributed by atoms with E-state index in [2.05, 4.69) is 21.7 Å². The van der Waals surface area contributed by atoms with Crippen LogP contribution in [0.4, 0.5) is 0 Å². The molecule has 3 rings (SSSR count). The van der Waals surface area contributed by atoms with Gasteiger partial charge in [-0.25, -0.2) is 17.8 Å². The van der Waals surface area contributed by atoms with E-state index in [-0.39, 0.29) is 17.3 Å². The molecule has 0 fully saturated rings. The molecular formula is C21H22N4O3S. The number of hydrogen-bond acceptors (Lipinski definition) is 4. The van der Waals surface area contributed by atoms with Crippen molar-refractivity contribution >= 4 is 15.9 Å². The van der Waals surface area contributed by atoms with Crippen LogP contribution in [0.3, 0.4) is 0 Å². The molecule has 0 aliphatic rings. The number of benzene rings is 2. The third-order valence-corrected chi connectivity index (χ3v) is 5.65. The molecule has 0 unspecified atom stereocenters. The van der Waals surface area contributed by atoms with E-state index >= 15 is 0 Å². The molecule has 0 spiro atoms. The van der Waals surface area contributed by atoms with Crippen LogP contribution in [0.2, 0.25) is 0 Å². The van der Waals surface area contributed by atoms with Crippen LogP contribution in [-0.4, -0.2) is 37.2 Å². The number of nitrogens with one attached hydrogen (secondary N) is 2. The van der Waals surface area contributed by atoms with Gasteiger partial charge in [-0.3, -0.25) is 4.79 Å². The molecule has 3 aromatic rings. The van der Waals surface area contributed by atoms with Gasteiger partial charge in [-0.15, -0.1) is 6.58 Å². The van der Waals surface area contributed by atoms with Gasteiger partial charge in [-0.2, -0.15) is 5.10 Å². The number of carbonyl (C=O) groups is 1. The van der Waals surface area contributed by atoms with Crippen molar-refractivity contribution in [2.24, 2.45) is 0 Å². The Morgan fingerprint density at radius 2 is 1.93 bits per heavy atom. The van der Waals surface area contributed by atoms with E-state index in [1.165, 1.54) is 18.2 Å². The molecule has 1 amide bonds. The highest BCUT2D eigenvalue weighted by Crippen LogP contribution is 2.12. The summed E-state index contributed by atoms with van der Waals surface area (Å²) in [4.78, 5) is 12.4. The average Bonchev–Trinajstić information content (AvgIpc) is 3.28. The minimum atomic E-state index is -3.67. The van der Waals surface area contributed by atoms with E-state index in [1.54, 1.807) is 23.0 Å².